The Morgan fingerprint density at radius 3 is 2.78 bits per heavy atom. The maximum atomic E-state index is 14.9. The highest BCUT2D eigenvalue weighted by Gasteiger charge is 2.43. The zero-order valence-electron chi connectivity index (χ0n) is 20.2. The normalized spacial score (nSPS) is 18.7. The standard InChI is InChI=1S/C25H26F2N7OP/c1-34-13-15-7-8-25(26,27)19-10-18(9-16(14-34)22(15)19)30-24-29-12-17(11-28)23(33-24)32-20-5-4-6-21(31-20)36(2,3)35/h4-6,9-10,12,15H,7-8,13-14H2,1-3H3,(H2,29,30,31,32,33). The van der Waals surface area contributed by atoms with Crippen molar-refractivity contribution in [2.45, 2.75) is 31.2 Å². The summed E-state index contributed by atoms with van der Waals surface area (Å²) in [5.74, 6) is -2.05. The second-order valence-electron chi connectivity index (χ2n) is 9.78. The molecule has 1 aliphatic heterocycles. The second-order valence-corrected chi connectivity index (χ2v) is 12.9. The minimum atomic E-state index is -2.89. The van der Waals surface area contributed by atoms with E-state index in [1.54, 1.807) is 31.5 Å². The summed E-state index contributed by atoms with van der Waals surface area (Å²) in [7, 11) is -0.586. The molecule has 0 fully saturated rings. The molecule has 1 atom stereocenters. The zero-order chi connectivity index (χ0) is 25.7. The van der Waals surface area contributed by atoms with Crippen LogP contribution in [0.2, 0.25) is 0 Å². The molecule has 1 unspecified atom stereocenters. The number of pyridine rings is 1. The largest absolute Gasteiger partial charge is 0.324 e. The number of nitriles is 1. The summed E-state index contributed by atoms with van der Waals surface area (Å²) in [6.07, 6.45) is 1.66. The first-order valence-electron chi connectivity index (χ1n) is 11.6. The molecule has 2 aromatic heterocycles. The number of nitrogens with zero attached hydrogens (tertiary/aromatic N) is 5. The third-order valence-electron chi connectivity index (χ3n) is 6.55. The molecule has 0 radical (unpaired) electrons. The average Bonchev–Trinajstić information content (AvgIpc) is 2.81. The lowest BCUT2D eigenvalue weighted by molar-refractivity contribution is -0.0278. The van der Waals surface area contributed by atoms with Gasteiger partial charge in [-0.2, -0.15) is 10.2 Å². The Kier molecular flexibility index (Phi) is 6.01. The van der Waals surface area contributed by atoms with Crippen molar-refractivity contribution in [1.82, 2.24) is 19.9 Å². The van der Waals surface area contributed by atoms with Crippen LogP contribution in [0, 0.1) is 11.3 Å². The van der Waals surface area contributed by atoms with Gasteiger partial charge in [-0.15, -0.1) is 0 Å². The fraction of sp³-hybridized carbons (Fsp3) is 0.360. The van der Waals surface area contributed by atoms with Crippen molar-refractivity contribution in [3.8, 4) is 6.07 Å². The smallest absolute Gasteiger partial charge is 0.273 e. The molecule has 36 heavy (non-hydrogen) atoms. The van der Waals surface area contributed by atoms with Crippen LogP contribution in [0.1, 0.15) is 41.0 Å². The molecule has 0 bridgehead atoms. The average molecular weight is 510 g/mol. The summed E-state index contributed by atoms with van der Waals surface area (Å²) in [6, 6.07) is 10.5. The number of anilines is 4. The molecule has 2 aliphatic rings. The summed E-state index contributed by atoms with van der Waals surface area (Å²) in [6.45, 7) is 4.62. The first kappa shape index (κ1) is 24.3. The van der Waals surface area contributed by atoms with E-state index in [2.05, 4.69) is 30.5 Å². The van der Waals surface area contributed by atoms with E-state index >= 15 is 0 Å². The van der Waals surface area contributed by atoms with E-state index in [1.807, 2.05) is 19.2 Å². The maximum absolute atomic E-state index is 14.9. The molecule has 0 spiro atoms. The van der Waals surface area contributed by atoms with Crippen LogP contribution in [0.5, 0.6) is 0 Å². The highest BCUT2D eigenvalue weighted by Crippen LogP contribution is 2.49. The number of hydrogen-bond acceptors (Lipinski definition) is 8. The fourth-order valence-corrected chi connectivity index (χ4v) is 5.71. The van der Waals surface area contributed by atoms with Crippen molar-refractivity contribution in [1.29, 1.82) is 5.26 Å². The molecular weight excluding hydrogens is 483 g/mol. The Labute approximate surface area is 208 Å². The number of nitrogens with one attached hydrogen (secondary N) is 2. The fourth-order valence-electron chi connectivity index (χ4n) is 4.91. The Bertz CT molecular complexity index is 1430. The first-order valence-corrected chi connectivity index (χ1v) is 14.2. The number of hydrogen-bond donors (Lipinski definition) is 2. The first-order chi connectivity index (χ1) is 17.0. The molecule has 1 aromatic carbocycles. The summed E-state index contributed by atoms with van der Waals surface area (Å²) < 4.78 is 42.2. The minimum absolute atomic E-state index is 0.0726. The highest BCUT2D eigenvalue weighted by molar-refractivity contribution is 7.69. The maximum Gasteiger partial charge on any atom is 0.273 e. The third kappa shape index (κ3) is 4.69. The van der Waals surface area contributed by atoms with Gasteiger partial charge in [-0.3, -0.25) is 0 Å². The van der Waals surface area contributed by atoms with Gasteiger partial charge in [0.2, 0.25) is 5.95 Å². The van der Waals surface area contributed by atoms with Gasteiger partial charge in [0.1, 0.15) is 30.0 Å². The van der Waals surface area contributed by atoms with Crippen LogP contribution < -0.4 is 16.1 Å². The molecule has 8 nitrogen and oxygen atoms in total. The van der Waals surface area contributed by atoms with Crippen LogP contribution in [0.15, 0.2) is 36.5 Å². The minimum Gasteiger partial charge on any atom is -0.324 e. The monoisotopic (exact) mass is 509 g/mol. The molecule has 3 heterocycles. The lowest BCUT2D eigenvalue weighted by atomic mass is 9.76. The van der Waals surface area contributed by atoms with Gasteiger partial charge in [-0.05, 0) is 68.1 Å². The molecule has 3 aromatic rings. The van der Waals surface area contributed by atoms with Gasteiger partial charge >= 0.3 is 0 Å². The van der Waals surface area contributed by atoms with E-state index in [4.69, 9.17) is 0 Å². The van der Waals surface area contributed by atoms with Gasteiger partial charge in [0.15, 0.2) is 5.82 Å². The molecule has 2 N–H and O–H groups in total. The van der Waals surface area contributed by atoms with Gasteiger partial charge in [0.25, 0.3) is 5.92 Å². The van der Waals surface area contributed by atoms with E-state index in [0.717, 1.165) is 17.7 Å². The van der Waals surface area contributed by atoms with Crippen LogP contribution in [0.4, 0.5) is 32.1 Å². The number of alkyl halides is 2. The lowest BCUT2D eigenvalue weighted by Gasteiger charge is -2.39. The molecule has 11 heteroatoms. The predicted octanol–water partition coefficient (Wildman–Crippen LogP) is 4.89. The van der Waals surface area contributed by atoms with Crippen molar-refractivity contribution in [2.24, 2.45) is 0 Å². The van der Waals surface area contributed by atoms with Gasteiger partial charge < -0.3 is 20.1 Å². The van der Waals surface area contributed by atoms with Crippen molar-refractivity contribution in [2.75, 3.05) is 37.6 Å². The summed E-state index contributed by atoms with van der Waals surface area (Å²) in [4.78, 5) is 15.1. The SMILES string of the molecule is CN1Cc2cc(Nc3ncc(C#N)c(Nc4cccc(P(C)(C)=O)n4)n3)cc3c2C(CCC3(F)F)C1. The Morgan fingerprint density at radius 1 is 1.22 bits per heavy atom. The molecular formula is C25H26F2N7OP. The number of halogens is 2. The quantitative estimate of drug-likeness (QED) is 0.468. The van der Waals surface area contributed by atoms with Crippen molar-refractivity contribution < 1.29 is 13.3 Å². The van der Waals surface area contributed by atoms with Crippen LogP contribution in [-0.4, -0.2) is 46.8 Å². The number of rotatable bonds is 5. The summed E-state index contributed by atoms with van der Waals surface area (Å²) >= 11 is 0. The van der Waals surface area contributed by atoms with E-state index < -0.39 is 13.1 Å². The number of likely N-dealkylation sites (N-methyl/N-ethyl adjacent to an activating group) is 1. The van der Waals surface area contributed by atoms with Crippen LogP contribution in [0.25, 0.3) is 0 Å². The molecule has 1 aliphatic carbocycles. The Balaban J connectivity index is 1.48. The lowest BCUT2D eigenvalue weighted by Crippen LogP contribution is -2.36. The molecule has 0 saturated carbocycles. The number of aromatic nitrogens is 3. The van der Waals surface area contributed by atoms with Crippen molar-refractivity contribution in [3.05, 3.63) is 58.8 Å². The van der Waals surface area contributed by atoms with Crippen molar-refractivity contribution in [3.63, 3.8) is 0 Å². The topological polar surface area (TPSA) is 107 Å². The highest BCUT2D eigenvalue weighted by atomic mass is 31.2. The summed E-state index contributed by atoms with van der Waals surface area (Å²) in [5, 5.41) is 15.6. The Morgan fingerprint density at radius 2 is 2.03 bits per heavy atom. The molecule has 186 valence electrons. The van der Waals surface area contributed by atoms with Crippen molar-refractivity contribution >= 4 is 35.8 Å². The molecule has 0 saturated heterocycles. The van der Waals surface area contributed by atoms with Crippen LogP contribution >= 0.6 is 7.14 Å². The second kappa shape index (κ2) is 8.91. The summed E-state index contributed by atoms with van der Waals surface area (Å²) in [5.41, 5.74) is 2.82. The van der Waals surface area contributed by atoms with Gasteiger partial charge in [0.05, 0.1) is 6.20 Å². The molecule has 5 rings (SSSR count). The van der Waals surface area contributed by atoms with Crippen LogP contribution in [-0.2, 0) is 17.0 Å². The zero-order valence-corrected chi connectivity index (χ0v) is 21.1. The van der Waals surface area contributed by atoms with Gasteiger partial charge in [0, 0.05) is 30.8 Å². The Hall–Kier alpha value is -3.41. The van der Waals surface area contributed by atoms with E-state index in [0.29, 0.717) is 29.9 Å². The third-order valence-corrected chi connectivity index (χ3v) is 7.90. The van der Waals surface area contributed by atoms with E-state index in [1.165, 1.54) is 12.3 Å². The van der Waals surface area contributed by atoms with Gasteiger partial charge in [-0.1, -0.05) is 6.07 Å². The van der Waals surface area contributed by atoms with E-state index in [-0.39, 0.29) is 35.2 Å². The van der Waals surface area contributed by atoms with E-state index in [9.17, 15) is 18.6 Å². The molecule has 0 amide bonds. The van der Waals surface area contributed by atoms with Crippen LogP contribution in [0.3, 0.4) is 0 Å². The number of benzene rings is 1. The predicted molar refractivity (Wildman–Crippen MR) is 135 cm³/mol. The van der Waals surface area contributed by atoms with Gasteiger partial charge in [-0.25, -0.2) is 18.7 Å².